The highest BCUT2D eigenvalue weighted by Crippen LogP contribution is 1.85. The molecule has 0 atom stereocenters. The maximum atomic E-state index is 8.44. The van der Waals surface area contributed by atoms with Crippen LogP contribution in [-0.2, 0) is 17.9 Å². The molecule has 0 aliphatic carbocycles. The second-order valence-corrected chi connectivity index (χ2v) is 3.08. The van der Waals surface area contributed by atoms with Crippen LogP contribution in [0.1, 0.15) is 19.8 Å². The molecule has 1 aromatic rings. The van der Waals surface area contributed by atoms with Crippen LogP contribution >= 0.6 is 0 Å². The van der Waals surface area contributed by atoms with Crippen molar-refractivity contribution in [1.82, 2.24) is 0 Å². The van der Waals surface area contributed by atoms with Crippen LogP contribution < -0.4 is 4.57 Å². The number of rotatable bonds is 3. The van der Waals surface area contributed by atoms with Crippen molar-refractivity contribution in [3.05, 3.63) is 30.6 Å². The standard InChI is InChI=1S/C9H14N.H2O3S/c1-2-3-7-10-8-5-4-6-9-10;1-4(2)3/h4-6,8-9H,2-3,7H2,1H3;(H2,1,2,3)/q+1;/p-2. The second-order valence-electron chi connectivity index (χ2n) is 2.67. The number of unbranched alkanes of at least 4 members (excludes halogenated alkanes) is 1. The Morgan fingerprint density at radius 2 is 1.71 bits per heavy atom. The molecule has 14 heavy (non-hydrogen) atoms. The van der Waals surface area contributed by atoms with Crippen LogP contribution in [0, 0.1) is 0 Å². The summed E-state index contributed by atoms with van der Waals surface area (Å²) in [6.45, 7) is 3.36. The number of hydrogen-bond acceptors (Lipinski definition) is 3. The molecule has 0 aromatic carbocycles. The first-order valence-electron chi connectivity index (χ1n) is 4.37. The molecule has 0 unspecified atom stereocenters. The second kappa shape index (κ2) is 8.80. The minimum Gasteiger partial charge on any atom is -0.784 e. The molecule has 5 heteroatoms. The first-order chi connectivity index (χ1) is 6.66. The Labute approximate surface area is 86.7 Å². The van der Waals surface area contributed by atoms with Crippen molar-refractivity contribution in [1.29, 1.82) is 0 Å². The van der Waals surface area contributed by atoms with Crippen LogP contribution in [0.4, 0.5) is 0 Å². The average Bonchev–Trinajstić information content (AvgIpc) is 2.15. The number of nitrogens with zero attached hydrogens (tertiary/aromatic N) is 1. The van der Waals surface area contributed by atoms with Gasteiger partial charge >= 0.3 is 0 Å². The molecule has 1 rings (SSSR count). The summed E-state index contributed by atoms with van der Waals surface area (Å²) in [5.74, 6) is 0. The minimum absolute atomic E-state index is 1.15. The zero-order valence-electron chi connectivity index (χ0n) is 8.09. The summed E-state index contributed by atoms with van der Waals surface area (Å²) >= 11 is -3.11. The van der Waals surface area contributed by atoms with E-state index in [-0.39, 0.29) is 0 Å². The van der Waals surface area contributed by atoms with Gasteiger partial charge in [0.2, 0.25) is 0 Å². The molecule has 0 spiro atoms. The summed E-state index contributed by atoms with van der Waals surface area (Å²) in [4.78, 5) is 0. The summed E-state index contributed by atoms with van der Waals surface area (Å²) in [5.41, 5.74) is 0. The zero-order chi connectivity index (χ0) is 10.8. The van der Waals surface area contributed by atoms with Gasteiger partial charge in [-0.3, -0.25) is 4.21 Å². The van der Waals surface area contributed by atoms with Gasteiger partial charge in [0.1, 0.15) is 6.54 Å². The third kappa shape index (κ3) is 9.31. The molecule has 0 amide bonds. The quantitative estimate of drug-likeness (QED) is 0.553. The highest BCUT2D eigenvalue weighted by Gasteiger charge is 1.93. The smallest absolute Gasteiger partial charge is 0.168 e. The van der Waals surface area contributed by atoms with Crippen LogP contribution in [0.5, 0.6) is 0 Å². The molecule has 0 aliphatic rings. The number of pyridine rings is 1. The van der Waals surface area contributed by atoms with Crippen molar-refractivity contribution >= 4 is 11.4 Å². The Kier molecular flexibility index (Phi) is 8.31. The zero-order valence-corrected chi connectivity index (χ0v) is 8.90. The molecule has 0 saturated heterocycles. The van der Waals surface area contributed by atoms with E-state index in [0.717, 1.165) is 6.54 Å². The fraction of sp³-hybridized carbons (Fsp3) is 0.444. The van der Waals surface area contributed by atoms with Gasteiger partial charge in [-0.2, -0.15) is 0 Å². The van der Waals surface area contributed by atoms with Gasteiger partial charge in [-0.05, 0) is 0 Å². The Balaban J connectivity index is 0.000000364. The Morgan fingerprint density at radius 1 is 1.21 bits per heavy atom. The maximum absolute atomic E-state index is 8.44. The lowest BCUT2D eigenvalue weighted by atomic mass is 10.3. The lowest BCUT2D eigenvalue weighted by molar-refractivity contribution is -0.697. The third-order valence-corrected chi connectivity index (χ3v) is 1.55. The van der Waals surface area contributed by atoms with Gasteiger partial charge in [0.25, 0.3) is 0 Å². The molecule has 1 aromatic heterocycles. The average molecular weight is 216 g/mol. The number of aryl methyl sites for hydroxylation is 1. The highest BCUT2D eigenvalue weighted by molar-refractivity contribution is 7.72. The third-order valence-electron chi connectivity index (χ3n) is 1.55. The van der Waals surface area contributed by atoms with E-state index in [2.05, 4.69) is 36.0 Å². The highest BCUT2D eigenvalue weighted by atomic mass is 32.2. The lowest BCUT2D eigenvalue weighted by Crippen LogP contribution is -2.31. The topological polar surface area (TPSA) is 67.1 Å². The molecular weight excluding hydrogens is 202 g/mol. The van der Waals surface area contributed by atoms with Crippen molar-refractivity contribution < 1.29 is 17.9 Å². The fourth-order valence-corrected chi connectivity index (χ4v) is 0.924. The van der Waals surface area contributed by atoms with E-state index >= 15 is 0 Å². The van der Waals surface area contributed by atoms with Gasteiger partial charge in [0.15, 0.2) is 12.4 Å². The van der Waals surface area contributed by atoms with Crippen molar-refractivity contribution in [3.8, 4) is 0 Å². The van der Waals surface area contributed by atoms with Crippen LogP contribution in [0.25, 0.3) is 0 Å². The van der Waals surface area contributed by atoms with Crippen LogP contribution in [0.3, 0.4) is 0 Å². The molecule has 4 nitrogen and oxygen atoms in total. The van der Waals surface area contributed by atoms with E-state index in [0.29, 0.717) is 0 Å². The molecule has 0 aliphatic heterocycles. The van der Waals surface area contributed by atoms with Crippen LogP contribution in [-0.4, -0.2) is 13.3 Å². The van der Waals surface area contributed by atoms with Crippen molar-refractivity contribution in [2.24, 2.45) is 0 Å². The molecule has 0 saturated carbocycles. The van der Waals surface area contributed by atoms with Gasteiger partial charge in [0.05, 0.1) is 0 Å². The van der Waals surface area contributed by atoms with Crippen LogP contribution in [0.15, 0.2) is 30.6 Å². The van der Waals surface area contributed by atoms with Gasteiger partial charge in [-0.1, -0.05) is 19.4 Å². The summed E-state index contributed by atoms with van der Waals surface area (Å²) in [6, 6.07) is 6.17. The monoisotopic (exact) mass is 216 g/mol. The van der Waals surface area contributed by atoms with E-state index < -0.39 is 11.4 Å². The normalized spacial score (nSPS) is 9.43. The molecular formula is C9H14NO3S-. The predicted octanol–water partition coefficient (Wildman–Crippen LogP) is 0.770. The number of hydrogen-bond donors (Lipinski definition) is 0. The predicted molar refractivity (Wildman–Crippen MR) is 51.2 cm³/mol. The fourth-order valence-electron chi connectivity index (χ4n) is 0.924. The molecule has 0 radical (unpaired) electrons. The van der Waals surface area contributed by atoms with Gasteiger partial charge < -0.3 is 9.11 Å². The van der Waals surface area contributed by atoms with Crippen molar-refractivity contribution in [3.63, 3.8) is 0 Å². The Morgan fingerprint density at radius 3 is 2.14 bits per heavy atom. The Bertz CT molecular complexity index is 249. The lowest BCUT2D eigenvalue weighted by Gasteiger charge is -2.03. The minimum atomic E-state index is -3.11. The van der Waals surface area contributed by atoms with Gasteiger partial charge in [-0.15, -0.1) is 11.4 Å². The van der Waals surface area contributed by atoms with Gasteiger partial charge in [-0.25, -0.2) is 4.57 Å². The molecule has 1 heterocycles. The van der Waals surface area contributed by atoms with E-state index in [9.17, 15) is 0 Å². The summed E-state index contributed by atoms with van der Waals surface area (Å²) < 4.78 is 27.5. The van der Waals surface area contributed by atoms with Crippen molar-refractivity contribution in [2.45, 2.75) is 26.3 Å². The number of aromatic nitrogens is 1. The summed E-state index contributed by atoms with van der Waals surface area (Å²) in [7, 11) is 0. The van der Waals surface area contributed by atoms with E-state index in [4.69, 9.17) is 13.3 Å². The Hall–Kier alpha value is -0.780. The molecule has 80 valence electrons. The summed E-state index contributed by atoms with van der Waals surface area (Å²) in [5, 5.41) is 0. The molecule has 0 bridgehead atoms. The molecule has 0 fully saturated rings. The van der Waals surface area contributed by atoms with Crippen molar-refractivity contribution in [2.75, 3.05) is 0 Å². The van der Waals surface area contributed by atoms with E-state index in [1.165, 1.54) is 12.8 Å². The van der Waals surface area contributed by atoms with E-state index in [1.54, 1.807) is 0 Å². The first-order valence-corrected chi connectivity index (χ1v) is 5.37. The van der Waals surface area contributed by atoms with Gasteiger partial charge in [0, 0.05) is 18.6 Å². The summed E-state index contributed by atoms with van der Waals surface area (Å²) in [6.07, 6.45) is 6.75. The van der Waals surface area contributed by atoms with E-state index in [1.807, 2.05) is 6.07 Å². The SMILES string of the molecule is CCCC[n+]1ccccc1.O=S([O-])[O-]. The largest absolute Gasteiger partial charge is 0.784 e. The van der Waals surface area contributed by atoms with Crippen LogP contribution in [0.2, 0.25) is 0 Å². The maximum Gasteiger partial charge on any atom is 0.168 e. The first kappa shape index (κ1) is 13.2. The molecule has 0 N–H and O–H groups in total.